The molecule has 0 aliphatic carbocycles. The molecule has 0 atom stereocenters. The number of hydrogen-bond donors (Lipinski definition) is 2. The summed E-state index contributed by atoms with van der Waals surface area (Å²) in [6, 6.07) is 26.0. The number of aromatic nitrogens is 1. The number of carbonyl (C=O) groups excluding carboxylic acids is 1. The van der Waals surface area contributed by atoms with Crippen LogP contribution in [-0.4, -0.2) is 17.4 Å². The van der Waals surface area contributed by atoms with E-state index < -0.39 is 0 Å². The first kappa shape index (κ1) is 18.1. The summed E-state index contributed by atoms with van der Waals surface area (Å²) in [5.41, 5.74) is 1.69. The Labute approximate surface area is 168 Å². The van der Waals surface area contributed by atoms with Crippen LogP contribution in [0.5, 0.6) is 0 Å². The highest BCUT2D eigenvalue weighted by Crippen LogP contribution is 2.29. The summed E-state index contributed by atoms with van der Waals surface area (Å²) >= 11 is 1.69. The number of benzene rings is 3. The molecule has 0 saturated carbocycles. The second-order valence-corrected chi connectivity index (χ2v) is 7.43. The van der Waals surface area contributed by atoms with Gasteiger partial charge in [0.1, 0.15) is 0 Å². The van der Waals surface area contributed by atoms with E-state index in [9.17, 15) is 4.79 Å². The summed E-state index contributed by atoms with van der Waals surface area (Å²) in [6.07, 6.45) is 3.55. The van der Waals surface area contributed by atoms with Gasteiger partial charge in [0, 0.05) is 38.9 Å². The van der Waals surface area contributed by atoms with Gasteiger partial charge in [0.15, 0.2) is 0 Å². The van der Waals surface area contributed by atoms with Gasteiger partial charge in [-0.15, -0.1) is 0 Å². The smallest absolute Gasteiger partial charge is 0.243 e. The van der Waals surface area contributed by atoms with Gasteiger partial charge in [0.25, 0.3) is 0 Å². The van der Waals surface area contributed by atoms with Crippen LogP contribution in [0, 0.1) is 0 Å². The Morgan fingerprint density at radius 1 is 0.821 bits per heavy atom. The van der Waals surface area contributed by atoms with E-state index in [1.165, 1.54) is 4.90 Å². The molecular weight excluding hydrogens is 366 g/mol. The van der Waals surface area contributed by atoms with Crippen LogP contribution in [0.15, 0.2) is 101 Å². The average molecular weight is 385 g/mol. The Kier molecular flexibility index (Phi) is 5.54. The molecule has 0 spiro atoms. The van der Waals surface area contributed by atoms with Gasteiger partial charge in [-0.2, -0.15) is 0 Å². The van der Waals surface area contributed by atoms with Crippen molar-refractivity contribution >= 4 is 39.8 Å². The molecule has 1 heterocycles. The van der Waals surface area contributed by atoms with E-state index in [1.54, 1.807) is 18.0 Å². The highest BCUT2D eigenvalue weighted by atomic mass is 32.2. The third-order valence-electron chi connectivity index (χ3n) is 4.19. The normalized spacial score (nSPS) is 10.6. The molecule has 4 nitrogen and oxygen atoms in total. The van der Waals surface area contributed by atoms with Gasteiger partial charge in [-0.05, 0) is 53.9 Å². The van der Waals surface area contributed by atoms with Crippen molar-refractivity contribution in [2.75, 3.05) is 17.2 Å². The fraction of sp³-hybridized carbons (Fsp3) is 0.0435. The monoisotopic (exact) mass is 385 g/mol. The molecule has 4 rings (SSSR count). The number of amides is 1. The molecule has 138 valence electrons. The Morgan fingerprint density at radius 2 is 1.68 bits per heavy atom. The minimum Gasteiger partial charge on any atom is -0.376 e. The number of rotatable bonds is 6. The molecule has 0 radical (unpaired) electrons. The van der Waals surface area contributed by atoms with Crippen LogP contribution in [-0.2, 0) is 4.79 Å². The van der Waals surface area contributed by atoms with E-state index in [2.05, 4.69) is 33.8 Å². The van der Waals surface area contributed by atoms with Gasteiger partial charge in [-0.3, -0.25) is 9.78 Å². The fourth-order valence-corrected chi connectivity index (χ4v) is 3.74. The molecule has 3 aromatic carbocycles. The van der Waals surface area contributed by atoms with Gasteiger partial charge in [0.05, 0.1) is 6.54 Å². The average Bonchev–Trinajstić information content (AvgIpc) is 2.73. The molecular formula is C23H19N3OS. The lowest BCUT2D eigenvalue weighted by molar-refractivity contribution is -0.114. The van der Waals surface area contributed by atoms with Crippen molar-refractivity contribution in [3.63, 3.8) is 0 Å². The second kappa shape index (κ2) is 8.59. The third kappa shape index (κ3) is 4.69. The lowest BCUT2D eigenvalue weighted by Crippen LogP contribution is -2.21. The molecule has 0 unspecified atom stereocenters. The molecule has 1 aromatic heterocycles. The van der Waals surface area contributed by atoms with E-state index in [-0.39, 0.29) is 12.5 Å². The van der Waals surface area contributed by atoms with E-state index in [0.717, 1.165) is 27.0 Å². The Bertz CT molecular complexity index is 1100. The van der Waals surface area contributed by atoms with Gasteiger partial charge >= 0.3 is 0 Å². The minimum absolute atomic E-state index is 0.0884. The molecule has 0 fully saturated rings. The number of anilines is 2. The predicted molar refractivity (Wildman–Crippen MR) is 116 cm³/mol. The Balaban J connectivity index is 1.35. The fourth-order valence-electron chi connectivity index (χ4n) is 2.84. The number of carbonyl (C=O) groups is 1. The summed E-state index contributed by atoms with van der Waals surface area (Å²) in [5, 5.41) is 8.22. The maximum atomic E-state index is 12.3. The third-order valence-corrected chi connectivity index (χ3v) is 5.19. The van der Waals surface area contributed by atoms with Crippen LogP contribution < -0.4 is 10.6 Å². The van der Waals surface area contributed by atoms with Crippen LogP contribution in [0.1, 0.15) is 0 Å². The molecule has 0 saturated heterocycles. The minimum atomic E-state index is -0.0884. The summed E-state index contributed by atoms with van der Waals surface area (Å²) in [7, 11) is 0. The summed E-state index contributed by atoms with van der Waals surface area (Å²) in [4.78, 5) is 18.7. The van der Waals surface area contributed by atoms with E-state index in [0.29, 0.717) is 0 Å². The Hall–Kier alpha value is -3.31. The van der Waals surface area contributed by atoms with Gasteiger partial charge in [0.2, 0.25) is 5.91 Å². The van der Waals surface area contributed by atoms with Crippen LogP contribution in [0.4, 0.5) is 11.4 Å². The highest BCUT2D eigenvalue weighted by Gasteiger charge is 2.04. The standard InChI is InChI=1S/C23H19N3OS/c27-23(26-20-10-9-18-15-24-12-11-17(18)13-20)16-25-19-5-4-8-22(14-19)28-21-6-2-1-3-7-21/h1-15,25H,16H2,(H,26,27). The van der Waals surface area contributed by atoms with E-state index in [1.807, 2.05) is 66.9 Å². The van der Waals surface area contributed by atoms with Crippen molar-refractivity contribution in [2.45, 2.75) is 9.79 Å². The van der Waals surface area contributed by atoms with Crippen molar-refractivity contribution in [3.8, 4) is 0 Å². The molecule has 1 amide bonds. The van der Waals surface area contributed by atoms with Gasteiger partial charge < -0.3 is 10.6 Å². The topological polar surface area (TPSA) is 54.0 Å². The number of nitrogens with one attached hydrogen (secondary N) is 2. The molecule has 4 aromatic rings. The van der Waals surface area contributed by atoms with Crippen LogP contribution in [0.25, 0.3) is 10.8 Å². The zero-order valence-corrected chi connectivity index (χ0v) is 15.9. The molecule has 0 aliphatic rings. The number of hydrogen-bond acceptors (Lipinski definition) is 4. The highest BCUT2D eigenvalue weighted by molar-refractivity contribution is 7.99. The second-order valence-electron chi connectivity index (χ2n) is 6.28. The molecule has 0 aliphatic heterocycles. The predicted octanol–water partition coefficient (Wildman–Crippen LogP) is 5.44. The quantitative estimate of drug-likeness (QED) is 0.464. The van der Waals surface area contributed by atoms with Crippen molar-refractivity contribution in [3.05, 3.63) is 91.3 Å². The number of nitrogens with zero attached hydrogens (tertiary/aromatic N) is 1. The van der Waals surface area contributed by atoms with Crippen LogP contribution in [0.2, 0.25) is 0 Å². The first-order chi connectivity index (χ1) is 13.8. The van der Waals surface area contributed by atoms with Crippen molar-refractivity contribution in [1.29, 1.82) is 0 Å². The largest absolute Gasteiger partial charge is 0.376 e. The summed E-state index contributed by atoms with van der Waals surface area (Å²) < 4.78 is 0. The maximum Gasteiger partial charge on any atom is 0.243 e. The zero-order valence-electron chi connectivity index (χ0n) is 15.1. The molecule has 28 heavy (non-hydrogen) atoms. The van der Waals surface area contributed by atoms with E-state index >= 15 is 0 Å². The zero-order chi connectivity index (χ0) is 19.2. The lowest BCUT2D eigenvalue weighted by atomic mass is 10.1. The maximum absolute atomic E-state index is 12.3. The molecule has 2 N–H and O–H groups in total. The van der Waals surface area contributed by atoms with Crippen molar-refractivity contribution in [2.24, 2.45) is 0 Å². The number of fused-ring (bicyclic) bond motifs is 1. The van der Waals surface area contributed by atoms with Crippen LogP contribution >= 0.6 is 11.8 Å². The SMILES string of the molecule is O=C(CNc1cccc(Sc2ccccc2)c1)Nc1ccc2cnccc2c1. The van der Waals surface area contributed by atoms with Crippen LogP contribution in [0.3, 0.4) is 0 Å². The molecule has 5 heteroatoms. The number of pyridine rings is 1. The van der Waals surface area contributed by atoms with Crippen molar-refractivity contribution in [1.82, 2.24) is 4.98 Å². The molecule has 0 bridgehead atoms. The van der Waals surface area contributed by atoms with E-state index in [4.69, 9.17) is 0 Å². The lowest BCUT2D eigenvalue weighted by Gasteiger charge is -2.10. The summed E-state index contributed by atoms with van der Waals surface area (Å²) in [5.74, 6) is -0.0884. The Morgan fingerprint density at radius 3 is 2.57 bits per heavy atom. The van der Waals surface area contributed by atoms with Gasteiger partial charge in [-0.25, -0.2) is 0 Å². The first-order valence-corrected chi connectivity index (χ1v) is 9.78. The first-order valence-electron chi connectivity index (χ1n) is 8.97. The summed E-state index contributed by atoms with van der Waals surface area (Å²) in [6.45, 7) is 0.202. The van der Waals surface area contributed by atoms with Crippen molar-refractivity contribution < 1.29 is 4.79 Å². The van der Waals surface area contributed by atoms with Gasteiger partial charge in [-0.1, -0.05) is 42.1 Å².